The fraction of sp³-hybridized carbons (Fsp3) is 0.190. The lowest BCUT2D eigenvalue weighted by Gasteiger charge is -2.15. The lowest BCUT2D eigenvalue weighted by atomic mass is 10.0. The number of nitrogens with one attached hydrogen (secondary N) is 3. The first-order valence-corrected chi connectivity index (χ1v) is 9.09. The van der Waals surface area contributed by atoms with Gasteiger partial charge in [0.1, 0.15) is 5.75 Å². The Morgan fingerprint density at radius 3 is 2.60 bits per heavy atom. The zero-order valence-electron chi connectivity index (χ0n) is 16.5. The van der Waals surface area contributed by atoms with E-state index in [1.54, 1.807) is 31.4 Å². The zero-order chi connectivity index (χ0) is 21.5. The normalized spacial score (nSPS) is 10.0. The molecule has 3 N–H and O–H groups in total. The molecule has 0 aliphatic carbocycles. The van der Waals surface area contributed by atoms with E-state index in [4.69, 9.17) is 15.3 Å². The molecule has 3 rings (SSSR count). The van der Waals surface area contributed by atoms with Gasteiger partial charge in [-0.3, -0.25) is 4.79 Å². The molecule has 0 atom stereocenters. The largest absolute Gasteiger partial charge is 0.495 e. The van der Waals surface area contributed by atoms with Crippen molar-refractivity contribution in [2.75, 3.05) is 17.7 Å². The van der Waals surface area contributed by atoms with Crippen molar-refractivity contribution in [3.63, 3.8) is 0 Å². The smallest absolute Gasteiger partial charge is 0.307 e. The van der Waals surface area contributed by atoms with Crippen LogP contribution in [0.5, 0.6) is 5.75 Å². The van der Waals surface area contributed by atoms with E-state index in [2.05, 4.69) is 31.9 Å². The van der Waals surface area contributed by atoms with Crippen molar-refractivity contribution in [2.24, 2.45) is 0 Å². The Morgan fingerprint density at radius 2 is 1.93 bits per heavy atom. The summed E-state index contributed by atoms with van der Waals surface area (Å²) in [6.45, 7) is 1.91. The SMILES string of the molecule is COc1cc(CCC#N)cc(C)c1Nc1n[nH]c(=O)c(Nc2ccc(C#N)cc2)n1. The molecule has 0 radical (unpaired) electrons. The van der Waals surface area contributed by atoms with Crippen molar-refractivity contribution in [3.8, 4) is 17.9 Å². The standard InChI is InChI=1S/C21H19N7O2/c1-13-10-15(4-3-9-22)11-17(30-2)18(13)25-21-26-19(20(29)27-28-21)24-16-7-5-14(12-23)6-8-16/h5-8,10-11H,3-4H2,1-2H3,(H,27,29)(H2,24,25,26,28). The van der Waals surface area contributed by atoms with Gasteiger partial charge in [0.25, 0.3) is 0 Å². The van der Waals surface area contributed by atoms with Crippen LogP contribution in [-0.4, -0.2) is 22.3 Å². The second-order valence-electron chi connectivity index (χ2n) is 6.42. The summed E-state index contributed by atoms with van der Waals surface area (Å²) in [4.78, 5) is 16.4. The quantitative estimate of drug-likeness (QED) is 0.548. The summed E-state index contributed by atoms with van der Waals surface area (Å²) in [5.41, 5.74) is 3.18. The molecule has 0 fully saturated rings. The third kappa shape index (κ3) is 4.72. The Balaban J connectivity index is 1.87. The molecule has 30 heavy (non-hydrogen) atoms. The third-order valence-corrected chi connectivity index (χ3v) is 4.31. The van der Waals surface area contributed by atoms with Crippen molar-refractivity contribution in [2.45, 2.75) is 19.8 Å². The van der Waals surface area contributed by atoms with E-state index in [-0.39, 0.29) is 11.8 Å². The molecule has 3 aromatic rings. The second-order valence-corrected chi connectivity index (χ2v) is 6.42. The van der Waals surface area contributed by atoms with Crippen LogP contribution in [0.2, 0.25) is 0 Å². The number of aromatic amines is 1. The summed E-state index contributed by atoms with van der Waals surface area (Å²) in [5, 5.41) is 30.0. The summed E-state index contributed by atoms with van der Waals surface area (Å²) in [5.74, 6) is 0.815. The van der Waals surface area contributed by atoms with Gasteiger partial charge in [0.2, 0.25) is 11.8 Å². The van der Waals surface area contributed by atoms with Crippen LogP contribution in [-0.2, 0) is 6.42 Å². The van der Waals surface area contributed by atoms with Crippen LogP contribution in [0.3, 0.4) is 0 Å². The number of nitriles is 2. The van der Waals surface area contributed by atoms with Crippen LogP contribution >= 0.6 is 0 Å². The Bertz CT molecular complexity index is 1190. The summed E-state index contributed by atoms with van der Waals surface area (Å²) < 4.78 is 5.48. The van der Waals surface area contributed by atoms with Gasteiger partial charge < -0.3 is 15.4 Å². The molecule has 0 saturated heterocycles. The summed E-state index contributed by atoms with van der Waals surface area (Å²) in [7, 11) is 1.56. The molecule has 150 valence electrons. The van der Waals surface area contributed by atoms with E-state index in [1.165, 1.54) is 0 Å². The third-order valence-electron chi connectivity index (χ3n) is 4.31. The van der Waals surface area contributed by atoms with Crippen LogP contribution in [0, 0.1) is 29.6 Å². The maximum atomic E-state index is 12.1. The van der Waals surface area contributed by atoms with E-state index in [9.17, 15) is 4.79 Å². The topological polar surface area (TPSA) is 140 Å². The fourth-order valence-electron chi connectivity index (χ4n) is 2.85. The minimum Gasteiger partial charge on any atom is -0.495 e. The monoisotopic (exact) mass is 401 g/mol. The fourth-order valence-corrected chi connectivity index (χ4v) is 2.85. The average Bonchev–Trinajstić information content (AvgIpc) is 2.76. The maximum absolute atomic E-state index is 12.1. The Labute approximate surface area is 173 Å². The first-order valence-electron chi connectivity index (χ1n) is 9.09. The van der Waals surface area contributed by atoms with Crippen molar-refractivity contribution >= 4 is 23.1 Å². The highest BCUT2D eigenvalue weighted by atomic mass is 16.5. The Hall–Kier alpha value is -4.37. The zero-order valence-corrected chi connectivity index (χ0v) is 16.5. The van der Waals surface area contributed by atoms with E-state index < -0.39 is 5.56 Å². The molecule has 0 bridgehead atoms. The molecule has 1 heterocycles. The highest BCUT2D eigenvalue weighted by Gasteiger charge is 2.13. The van der Waals surface area contributed by atoms with E-state index in [0.717, 1.165) is 11.1 Å². The highest BCUT2D eigenvalue weighted by molar-refractivity contribution is 5.68. The number of hydrogen-bond donors (Lipinski definition) is 3. The molecule has 9 nitrogen and oxygen atoms in total. The minimum absolute atomic E-state index is 0.0551. The van der Waals surface area contributed by atoms with Gasteiger partial charge in [-0.15, -0.1) is 5.10 Å². The van der Waals surface area contributed by atoms with Gasteiger partial charge in [-0.1, -0.05) is 6.07 Å². The number of benzene rings is 2. The first-order chi connectivity index (χ1) is 14.5. The number of nitrogens with zero attached hydrogens (tertiary/aromatic N) is 4. The second kappa shape index (κ2) is 9.22. The van der Waals surface area contributed by atoms with Crippen LogP contribution in [0.4, 0.5) is 23.1 Å². The van der Waals surface area contributed by atoms with Gasteiger partial charge in [-0.05, 0) is 54.8 Å². The Morgan fingerprint density at radius 1 is 1.17 bits per heavy atom. The molecule has 0 aliphatic rings. The van der Waals surface area contributed by atoms with Crippen LogP contribution in [0.15, 0.2) is 41.2 Å². The number of aromatic nitrogens is 3. The molecule has 0 spiro atoms. The summed E-state index contributed by atoms with van der Waals surface area (Å²) in [6, 6.07) is 14.6. The highest BCUT2D eigenvalue weighted by Crippen LogP contribution is 2.32. The molecule has 0 saturated carbocycles. The number of H-pyrrole nitrogens is 1. The van der Waals surface area contributed by atoms with E-state index in [1.807, 2.05) is 25.1 Å². The molecule has 0 aliphatic heterocycles. The van der Waals surface area contributed by atoms with Crippen molar-refractivity contribution in [1.29, 1.82) is 10.5 Å². The van der Waals surface area contributed by atoms with Gasteiger partial charge >= 0.3 is 5.56 Å². The van der Waals surface area contributed by atoms with Gasteiger partial charge in [-0.25, -0.2) is 5.10 Å². The molecular formula is C21H19N7O2. The van der Waals surface area contributed by atoms with Gasteiger partial charge in [0, 0.05) is 12.1 Å². The first kappa shape index (κ1) is 20.4. The summed E-state index contributed by atoms with van der Waals surface area (Å²) in [6.07, 6.45) is 1.05. The lowest BCUT2D eigenvalue weighted by Crippen LogP contribution is -2.17. The van der Waals surface area contributed by atoms with Crippen molar-refractivity contribution in [1.82, 2.24) is 15.2 Å². The lowest BCUT2D eigenvalue weighted by molar-refractivity contribution is 0.416. The van der Waals surface area contributed by atoms with E-state index in [0.29, 0.717) is 35.5 Å². The molecule has 0 unspecified atom stereocenters. The molecular weight excluding hydrogens is 382 g/mol. The molecule has 0 amide bonds. The summed E-state index contributed by atoms with van der Waals surface area (Å²) >= 11 is 0. The number of aryl methyl sites for hydroxylation is 2. The van der Waals surface area contributed by atoms with Gasteiger partial charge in [0.15, 0.2) is 0 Å². The maximum Gasteiger partial charge on any atom is 0.307 e. The number of anilines is 4. The molecule has 2 aromatic carbocycles. The van der Waals surface area contributed by atoms with Gasteiger partial charge in [0.05, 0.1) is 30.5 Å². The van der Waals surface area contributed by atoms with Gasteiger partial charge in [-0.2, -0.15) is 15.5 Å². The number of hydrogen-bond acceptors (Lipinski definition) is 8. The van der Waals surface area contributed by atoms with Crippen LogP contribution < -0.4 is 20.9 Å². The number of methoxy groups -OCH3 is 1. The van der Waals surface area contributed by atoms with Crippen LogP contribution in [0.25, 0.3) is 0 Å². The predicted octanol–water partition coefficient (Wildman–Crippen LogP) is 3.30. The average molecular weight is 401 g/mol. The number of ether oxygens (including phenoxy) is 1. The minimum atomic E-state index is -0.486. The van der Waals surface area contributed by atoms with Crippen molar-refractivity contribution in [3.05, 3.63) is 63.4 Å². The van der Waals surface area contributed by atoms with E-state index >= 15 is 0 Å². The number of rotatable bonds is 7. The Kier molecular flexibility index (Phi) is 6.26. The van der Waals surface area contributed by atoms with Crippen LogP contribution in [0.1, 0.15) is 23.1 Å². The molecule has 9 heteroatoms. The molecule has 1 aromatic heterocycles. The predicted molar refractivity (Wildman–Crippen MR) is 112 cm³/mol. The van der Waals surface area contributed by atoms with Crippen molar-refractivity contribution < 1.29 is 4.74 Å².